The molecule has 7 nitrogen and oxygen atoms in total. The van der Waals surface area contributed by atoms with Gasteiger partial charge in [-0.3, -0.25) is 4.79 Å². The van der Waals surface area contributed by atoms with Gasteiger partial charge in [0.2, 0.25) is 5.95 Å². The number of benzene rings is 1. The van der Waals surface area contributed by atoms with Crippen LogP contribution in [0, 0.1) is 12.9 Å². The number of pyridine rings is 1. The summed E-state index contributed by atoms with van der Waals surface area (Å²) in [6.07, 6.45) is 1.24. The Morgan fingerprint density at radius 1 is 1.35 bits per heavy atom. The number of carbonyl (C=O) groups is 1. The molecule has 0 aliphatic heterocycles. The minimum absolute atomic E-state index is 0.120. The number of carbonyl (C=O) groups excluding carboxylic acids is 1. The number of azide groups is 1. The first-order chi connectivity index (χ1) is 12.5. The number of ketones is 1. The quantitative estimate of drug-likeness (QED) is 0.209. The Hall–Kier alpha value is -3.22. The molecule has 0 spiro atoms. The van der Waals surface area contributed by atoms with Crippen molar-refractivity contribution in [2.75, 3.05) is 0 Å². The van der Waals surface area contributed by atoms with Crippen LogP contribution in [-0.4, -0.2) is 15.9 Å². The Labute approximate surface area is 152 Å². The first-order valence-electron chi connectivity index (χ1n) is 7.44. The van der Waals surface area contributed by atoms with Crippen molar-refractivity contribution in [3.05, 3.63) is 80.5 Å². The van der Waals surface area contributed by atoms with Gasteiger partial charge in [0.15, 0.2) is 11.5 Å². The molecule has 2 heterocycles. The van der Waals surface area contributed by atoms with Gasteiger partial charge in [0.25, 0.3) is 0 Å². The monoisotopic (exact) mass is 371 g/mol. The summed E-state index contributed by atoms with van der Waals surface area (Å²) in [5.41, 5.74) is 9.65. The van der Waals surface area contributed by atoms with E-state index >= 15 is 0 Å². The fraction of sp³-hybridized carbons (Fsp3) is 0.118. The lowest BCUT2D eigenvalue weighted by Crippen LogP contribution is -2.09. The minimum Gasteiger partial charge on any atom is -0.360 e. The Balaban J connectivity index is 2.18. The second-order valence-electron chi connectivity index (χ2n) is 5.32. The Morgan fingerprint density at radius 2 is 2.08 bits per heavy atom. The number of aryl methyl sites for hydroxylation is 1. The molecule has 0 saturated carbocycles. The van der Waals surface area contributed by atoms with Crippen molar-refractivity contribution < 1.29 is 13.7 Å². The zero-order valence-electron chi connectivity index (χ0n) is 13.5. The second-order valence-corrected chi connectivity index (χ2v) is 5.75. The number of hydrogen-bond donors (Lipinski definition) is 0. The number of rotatable bonds is 5. The van der Waals surface area contributed by atoms with E-state index < -0.39 is 11.7 Å². The summed E-state index contributed by atoms with van der Waals surface area (Å²) in [6, 6.07) is 7.58. The van der Waals surface area contributed by atoms with E-state index in [-0.39, 0.29) is 29.0 Å². The van der Waals surface area contributed by atoms with Crippen LogP contribution in [0.15, 0.2) is 46.2 Å². The van der Waals surface area contributed by atoms with Gasteiger partial charge < -0.3 is 4.52 Å². The van der Waals surface area contributed by atoms with Gasteiger partial charge in [-0.05, 0) is 42.8 Å². The van der Waals surface area contributed by atoms with E-state index in [2.05, 4.69) is 20.2 Å². The zero-order valence-corrected chi connectivity index (χ0v) is 14.2. The molecule has 0 N–H and O–H groups in total. The van der Waals surface area contributed by atoms with Gasteiger partial charge in [-0.25, -0.2) is 4.98 Å². The van der Waals surface area contributed by atoms with Crippen LogP contribution in [0.5, 0.6) is 0 Å². The molecule has 26 heavy (non-hydrogen) atoms. The summed E-state index contributed by atoms with van der Waals surface area (Å²) >= 11 is 5.84. The van der Waals surface area contributed by atoms with Crippen LogP contribution in [0.25, 0.3) is 21.6 Å². The molecular weight excluding hydrogens is 361 g/mol. The van der Waals surface area contributed by atoms with Crippen molar-refractivity contribution >= 4 is 17.4 Å². The maximum atomic E-state index is 14.5. The molecule has 0 bridgehead atoms. The van der Waals surface area contributed by atoms with Crippen LogP contribution in [0.2, 0.25) is 5.02 Å². The van der Waals surface area contributed by atoms with Gasteiger partial charge in [-0.1, -0.05) is 21.9 Å². The Morgan fingerprint density at radius 3 is 2.77 bits per heavy atom. The lowest BCUT2D eigenvalue weighted by molar-refractivity contribution is 0.103. The van der Waals surface area contributed by atoms with Crippen molar-refractivity contribution in [1.82, 2.24) is 10.1 Å². The average molecular weight is 372 g/mol. The van der Waals surface area contributed by atoms with E-state index in [1.54, 1.807) is 19.1 Å². The van der Waals surface area contributed by atoms with E-state index in [1.807, 2.05) is 0 Å². The molecule has 0 aliphatic carbocycles. The summed E-state index contributed by atoms with van der Waals surface area (Å²) in [4.78, 5) is 19.1. The smallest absolute Gasteiger partial charge is 0.224 e. The van der Waals surface area contributed by atoms with E-state index in [0.717, 1.165) is 0 Å². The van der Waals surface area contributed by atoms with Crippen molar-refractivity contribution in [2.45, 2.75) is 13.5 Å². The highest BCUT2D eigenvalue weighted by Gasteiger charge is 2.25. The van der Waals surface area contributed by atoms with Crippen LogP contribution >= 0.6 is 11.6 Å². The number of hydrogen-bond acceptors (Lipinski definition) is 5. The molecule has 0 aliphatic rings. The second kappa shape index (κ2) is 7.35. The SMILES string of the molecule is Cc1noc(CN=[N+]=[N-])c1-c1ccnc(F)c1C(=O)c1ccc(Cl)cc1. The first-order valence-corrected chi connectivity index (χ1v) is 7.82. The van der Waals surface area contributed by atoms with Gasteiger partial charge >= 0.3 is 0 Å². The Bertz CT molecular complexity index is 1030. The fourth-order valence-corrected chi connectivity index (χ4v) is 2.70. The summed E-state index contributed by atoms with van der Waals surface area (Å²) in [6.45, 7) is 1.53. The molecule has 1 aromatic carbocycles. The molecule has 9 heteroatoms. The van der Waals surface area contributed by atoms with Crippen LogP contribution in [0.4, 0.5) is 4.39 Å². The van der Waals surface area contributed by atoms with E-state index in [0.29, 0.717) is 16.3 Å². The van der Waals surface area contributed by atoms with Gasteiger partial charge in [-0.15, -0.1) is 0 Å². The molecule has 0 radical (unpaired) electrons. The highest BCUT2D eigenvalue weighted by atomic mass is 35.5. The van der Waals surface area contributed by atoms with Gasteiger partial charge in [0.05, 0.1) is 17.8 Å². The van der Waals surface area contributed by atoms with Crippen LogP contribution in [-0.2, 0) is 6.54 Å². The summed E-state index contributed by atoms with van der Waals surface area (Å²) in [7, 11) is 0. The molecule has 2 aromatic heterocycles. The molecular formula is C17H11ClFN5O2. The topological polar surface area (TPSA) is 105 Å². The third-order valence-electron chi connectivity index (χ3n) is 3.72. The number of nitrogens with zero attached hydrogens (tertiary/aromatic N) is 5. The highest BCUT2D eigenvalue weighted by molar-refractivity contribution is 6.30. The largest absolute Gasteiger partial charge is 0.360 e. The molecule has 0 saturated heterocycles. The van der Waals surface area contributed by atoms with E-state index in [1.165, 1.54) is 24.4 Å². The maximum absolute atomic E-state index is 14.5. The highest BCUT2D eigenvalue weighted by Crippen LogP contribution is 2.33. The van der Waals surface area contributed by atoms with E-state index in [4.69, 9.17) is 21.7 Å². The Kier molecular flexibility index (Phi) is 4.97. The van der Waals surface area contributed by atoms with Gasteiger partial charge in [0.1, 0.15) is 0 Å². The van der Waals surface area contributed by atoms with Crippen molar-refractivity contribution in [1.29, 1.82) is 0 Å². The van der Waals surface area contributed by atoms with Crippen molar-refractivity contribution in [3.63, 3.8) is 0 Å². The van der Waals surface area contributed by atoms with Gasteiger partial charge in [-0.2, -0.15) is 4.39 Å². The minimum atomic E-state index is -0.919. The predicted molar refractivity (Wildman–Crippen MR) is 92.2 cm³/mol. The third kappa shape index (κ3) is 3.28. The van der Waals surface area contributed by atoms with Gasteiger partial charge in [0, 0.05) is 32.8 Å². The molecule has 0 unspecified atom stereocenters. The average Bonchev–Trinajstić information content (AvgIpc) is 3.00. The first kappa shape index (κ1) is 17.6. The number of aromatic nitrogens is 2. The predicted octanol–water partition coefficient (Wildman–Crippen LogP) is 4.88. The molecule has 0 fully saturated rings. The van der Waals surface area contributed by atoms with E-state index in [9.17, 15) is 9.18 Å². The van der Waals surface area contributed by atoms with Crippen LogP contribution < -0.4 is 0 Å². The molecule has 3 aromatic rings. The van der Waals surface area contributed by atoms with Crippen molar-refractivity contribution in [2.24, 2.45) is 5.11 Å². The maximum Gasteiger partial charge on any atom is 0.224 e. The third-order valence-corrected chi connectivity index (χ3v) is 3.97. The summed E-state index contributed by atoms with van der Waals surface area (Å²) in [5, 5.41) is 7.73. The van der Waals surface area contributed by atoms with Crippen LogP contribution in [0.1, 0.15) is 27.4 Å². The fourth-order valence-electron chi connectivity index (χ4n) is 2.57. The molecule has 0 atom stereocenters. The summed E-state index contributed by atoms with van der Waals surface area (Å²) < 4.78 is 19.6. The number of halogens is 2. The lowest BCUT2D eigenvalue weighted by atomic mass is 9.94. The van der Waals surface area contributed by atoms with Crippen molar-refractivity contribution in [3.8, 4) is 11.1 Å². The molecule has 130 valence electrons. The summed E-state index contributed by atoms with van der Waals surface area (Å²) in [5.74, 6) is -1.24. The standard InChI is InChI=1S/C17H11ClFN5O2/c1-9-14(13(26-23-9)8-22-24-20)12-6-7-21-17(19)15(12)16(25)10-2-4-11(18)5-3-10/h2-7H,8H2,1H3. The lowest BCUT2D eigenvalue weighted by Gasteiger charge is -2.09. The zero-order chi connectivity index (χ0) is 18.7. The molecule has 3 rings (SSSR count). The van der Waals surface area contributed by atoms with Crippen LogP contribution in [0.3, 0.4) is 0 Å². The normalized spacial score (nSPS) is 10.4. The molecule has 0 amide bonds.